The molecule has 0 amide bonds. The molecule has 1 aliphatic carbocycles. The average Bonchev–Trinajstić information content (AvgIpc) is 2.78. The number of halogens is 1. The fraction of sp³-hybridized carbons (Fsp3) is 0.111. The van der Waals surface area contributed by atoms with Gasteiger partial charge in [-0.2, -0.15) is 0 Å². The third-order valence-electron chi connectivity index (χ3n) is 5.04. The minimum absolute atomic E-state index is 0.566. The first kappa shape index (κ1) is 21.6. The molecule has 3 aromatic rings. The molecule has 1 aliphatic rings. The van der Waals surface area contributed by atoms with Crippen LogP contribution in [0.2, 0.25) is 0 Å². The second kappa shape index (κ2) is 9.67. The van der Waals surface area contributed by atoms with E-state index in [1.165, 1.54) is 0 Å². The molecule has 32 heavy (non-hydrogen) atoms. The highest BCUT2D eigenvalue weighted by atomic mass is 35.5. The van der Waals surface area contributed by atoms with Gasteiger partial charge in [0.25, 0.3) is 0 Å². The smallest absolute Gasteiger partial charge is 0.108 e. The molecule has 0 saturated carbocycles. The minimum Gasteiger partial charge on any atom is -0.378 e. The van der Waals surface area contributed by atoms with Crippen LogP contribution in [0.5, 0.6) is 0 Å². The number of likely N-dealkylation sites (N-methyl/N-ethyl adjacent to an activating group) is 1. The molecule has 0 aliphatic heterocycles. The lowest BCUT2D eigenvalue weighted by Gasteiger charge is -2.20. The Kier molecular flexibility index (Phi) is 6.52. The Balaban J connectivity index is 1.70. The van der Waals surface area contributed by atoms with Gasteiger partial charge in [-0.05, 0) is 67.1 Å². The van der Waals surface area contributed by atoms with E-state index >= 15 is 0 Å². The van der Waals surface area contributed by atoms with Crippen LogP contribution in [0.3, 0.4) is 0 Å². The Hall–Kier alpha value is -3.63. The fourth-order valence-corrected chi connectivity index (χ4v) is 3.58. The molecule has 4 nitrogen and oxygen atoms in total. The predicted molar refractivity (Wildman–Crippen MR) is 137 cm³/mol. The van der Waals surface area contributed by atoms with Crippen LogP contribution in [0.1, 0.15) is 5.56 Å². The van der Waals surface area contributed by atoms with Gasteiger partial charge in [0.1, 0.15) is 5.71 Å². The van der Waals surface area contributed by atoms with E-state index in [1.54, 1.807) is 0 Å². The van der Waals surface area contributed by atoms with Crippen molar-refractivity contribution in [3.8, 4) is 0 Å². The van der Waals surface area contributed by atoms with Crippen molar-refractivity contribution >= 4 is 45.8 Å². The van der Waals surface area contributed by atoms with Crippen molar-refractivity contribution in [2.45, 2.75) is 6.92 Å². The van der Waals surface area contributed by atoms with Crippen LogP contribution in [0, 0.1) is 6.92 Å². The molecule has 5 heteroatoms. The molecule has 4 rings (SSSR count). The Morgan fingerprint density at radius 1 is 0.781 bits per heavy atom. The van der Waals surface area contributed by atoms with E-state index in [-0.39, 0.29) is 0 Å². The molecule has 0 saturated heterocycles. The van der Waals surface area contributed by atoms with Crippen molar-refractivity contribution < 1.29 is 0 Å². The zero-order chi connectivity index (χ0) is 22.5. The summed E-state index contributed by atoms with van der Waals surface area (Å²) in [6, 6.07) is 26.1. The maximum absolute atomic E-state index is 6.69. The molecule has 0 bridgehead atoms. The maximum Gasteiger partial charge on any atom is 0.108 e. The van der Waals surface area contributed by atoms with Crippen LogP contribution < -0.4 is 5.32 Å². The first-order chi connectivity index (χ1) is 15.5. The zero-order valence-electron chi connectivity index (χ0n) is 18.4. The van der Waals surface area contributed by atoms with Gasteiger partial charge in [0.2, 0.25) is 0 Å². The van der Waals surface area contributed by atoms with Gasteiger partial charge in [0.15, 0.2) is 0 Å². The van der Waals surface area contributed by atoms with Crippen molar-refractivity contribution in [3.05, 3.63) is 107 Å². The number of nitrogens with zero attached hydrogens (tertiary/aromatic N) is 3. The van der Waals surface area contributed by atoms with Crippen LogP contribution in [0.25, 0.3) is 0 Å². The van der Waals surface area contributed by atoms with Gasteiger partial charge in [0.05, 0.1) is 22.1 Å². The van der Waals surface area contributed by atoms with Crippen molar-refractivity contribution in [2.24, 2.45) is 9.98 Å². The number of nitrogens with one attached hydrogen (secondary N) is 1. The van der Waals surface area contributed by atoms with Crippen LogP contribution >= 0.6 is 11.6 Å². The molecule has 0 radical (unpaired) electrons. The number of aryl methyl sites for hydroxylation is 1. The van der Waals surface area contributed by atoms with Gasteiger partial charge in [-0.25, -0.2) is 9.98 Å². The van der Waals surface area contributed by atoms with Gasteiger partial charge >= 0.3 is 0 Å². The van der Waals surface area contributed by atoms with E-state index in [2.05, 4.69) is 11.4 Å². The van der Waals surface area contributed by atoms with E-state index in [9.17, 15) is 0 Å². The molecule has 0 aromatic heterocycles. The van der Waals surface area contributed by atoms with E-state index in [4.69, 9.17) is 21.6 Å². The standard InChI is InChI=1S/C27H25ClN4/c1-19-16-22(29-20-10-6-4-7-11-20)14-15-25(19)31-27-24(28)17-23(32(2)3)18-26(27)30-21-12-8-5-9-13-21/h4-18,29H,1-3H3/b30-26+,31-27-. The number of hydrogen-bond donors (Lipinski definition) is 1. The SMILES string of the molecule is Cc1cc(Nc2ccccc2)ccc1/N=C1/C(Cl)=CC(N(C)C)=C/C1=N\c1ccccc1. The lowest BCUT2D eigenvalue weighted by Crippen LogP contribution is -2.21. The number of aliphatic imine (C=N–C) groups is 2. The highest BCUT2D eigenvalue weighted by Gasteiger charge is 2.19. The van der Waals surface area contributed by atoms with Crippen LogP contribution in [-0.4, -0.2) is 30.4 Å². The topological polar surface area (TPSA) is 40.0 Å². The molecule has 0 atom stereocenters. The molecule has 0 unspecified atom stereocenters. The third-order valence-corrected chi connectivity index (χ3v) is 5.33. The molecule has 0 heterocycles. The van der Waals surface area contributed by atoms with Crippen molar-refractivity contribution in [2.75, 3.05) is 19.4 Å². The zero-order valence-corrected chi connectivity index (χ0v) is 19.1. The molecule has 1 N–H and O–H groups in total. The molecule has 0 fully saturated rings. The maximum atomic E-state index is 6.69. The lowest BCUT2D eigenvalue weighted by atomic mass is 10.1. The highest BCUT2D eigenvalue weighted by Crippen LogP contribution is 2.28. The summed E-state index contributed by atoms with van der Waals surface area (Å²) >= 11 is 6.69. The second-order valence-corrected chi connectivity index (χ2v) is 8.15. The number of hydrogen-bond acceptors (Lipinski definition) is 4. The predicted octanol–water partition coefficient (Wildman–Crippen LogP) is 7.17. The summed E-state index contributed by atoms with van der Waals surface area (Å²) in [7, 11) is 3.97. The Morgan fingerprint density at radius 2 is 1.47 bits per heavy atom. The summed E-state index contributed by atoms with van der Waals surface area (Å²) in [4.78, 5) is 11.7. The Labute approximate surface area is 194 Å². The normalized spacial score (nSPS) is 16.0. The van der Waals surface area contributed by atoms with E-state index in [0.717, 1.165) is 39.7 Å². The molecular weight excluding hydrogens is 416 g/mol. The van der Waals surface area contributed by atoms with Gasteiger partial charge in [-0.3, -0.25) is 0 Å². The molecule has 0 spiro atoms. The summed E-state index contributed by atoms with van der Waals surface area (Å²) in [5.74, 6) is 0. The van der Waals surface area contributed by atoms with Gasteiger partial charge in [-0.15, -0.1) is 0 Å². The van der Waals surface area contributed by atoms with E-state index < -0.39 is 0 Å². The summed E-state index contributed by atoms with van der Waals surface area (Å²) < 4.78 is 0. The molecule has 160 valence electrons. The number of allylic oxidation sites excluding steroid dienone is 3. The first-order valence-electron chi connectivity index (χ1n) is 10.4. The van der Waals surface area contributed by atoms with Crippen molar-refractivity contribution in [3.63, 3.8) is 0 Å². The Morgan fingerprint density at radius 3 is 2.12 bits per heavy atom. The largest absolute Gasteiger partial charge is 0.378 e. The van der Waals surface area contributed by atoms with Crippen LogP contribution in [0.15, 0.2) is 112 Å². The van der Waals surface area contributed by atoms with E-state index in [1.807, 2.05) is 111 Å². The molecule has 3 aromatic carbocycles. The summed E-state index contributed by atoms with van der Waals surface area (Å²) in [6.45, 7) is 2.05. The van der Waals surface area contributed by atoms with Gasteiger partial charge in [0, 0.05) is 31.2 Å². The van der Waals surface area contributed by atoms with Crippen LogP contribution in [-0.2, 0) is 0 Å². The van der Waals surface area contributed by atoms with Crippen molar-refractivity contribution in [1.29, 1.82) is 0 Å². The van der Waals surface area contributed by atoms with E-state index in [0.29, 0.717) is 10.7 Å². The highest BCUT2D eigenvalue weighted by molar-refractivity contribution is 6.64. The molecular formula is C27H25ClN4. The monoisotopic (exact) mass is 440 g/mol. The second-order valence-electron chi connectivity index (χ2n) is 7.74. The average molecular weight is 441 g/mol. The number of benzene rings is 3. The number of para-hydroxylation sites is 2. The quantitative estimate of drug-likeness (QED) is 0.427. The fourth-order valence-electron chi connectivity index (χ4n) is 3.33. The summed E-state index contributed by atoms with van der Waals surface area (Å²) in [6.07, 6.45) is 3.93. The van der Waals surface area contributed by atoms with Crippen LogP contribution in [0.4, 0.5) is 22.7 Å². The van der Waals surface area contributed by atoms with Gasteiger partial charge < -0.3 is 10.2 Å². The number of anilines is 2. The number of rotatable bonds is 5. The first-order valence-corrected chi connectivity index (χ1v) is 10.8. The third kappa shape index (κ3) is 5.16. The van der Waals surface area contributed by atoms with Crippen molar-refractivity contribution in [1.82, 2.24) is 4.90 Å². The minimum atomic E-state index is 0.566. The summed E-state index contributed by atoms with van der Waals surface area (Å²) in [5, 5.41) is 3.99. The Bertz CT molecular complexity index is 1220. The summed E-state index contributed by atoms with van der Waals surface area (Å²) in [5.41, 5.74) is 7.18. The van der Waals surface area contributed by atoms with Gasteiger partial charge in [-0.1, -0.05) is 48.0 Å². The lowest BCUT2D eigenvalue weighted by molar-refractivity contribution is 0.530.